The molecule has 0 atom stereocenters. The van der Waals surface area contributed by atoms with Crippen molar-refractivity contribution in [1.82, 2.24) is 4.98 Å². The molecule has 0 aliphatic carbocycles. The second-order valence-corrected chi connectivity index (χ2v) is 2.82. The Morgan fingerprint density at radius 2 is 2.33 bits per heavy atom. The number of pyridine rings is 1. The minimum absolute atomic E-state index is 0.0433. The van der Waals surface area contributed by atoms with Gasteiger partial charge >= 0.3 is 5.97 Å². The molecule has 0 spiro atoms. The van der Waals surface area contributed by atoms with Crippen LogP contribution >= 0.6 is 15.9 Å². The van der Waals surface area contributed by atoms with Crippen LogP contribution in [0.1, 0.15) is 10.5 Å². The Hall–Kier alpha value is -0.970. The summed E-state index contributed by atoms with van der Waals surface area (Å²) in [6.45, 7) is 0. The monoisotopic (exact) mass is 233 g/mol. The van der Waals surface area contributed by atoms with E-state index in [1.165, 1.54) is 19.2 Å². The first-order valence-electron chi connectivity index (χ1n) is 3.05. The highest BCUT2D eigenvalue weighted by atomic mass is 79.9. The molecule has 64 valence electrons. The molecule has 0 bridgehead atoms. The zero-order valence-electron chi connectivity index (χ0n) is 6.17. The lowest BCUT2D eigenvalue weighted by Gasteiger charge is -1.98. The van der Waals surface area contributed by atoms with Crippen LogP contribution < -0.4 is 0 Å². The van der Waals surface area contributed by atoms with Crippen LogP contribution in [0.15, 0.2) is 16.6 Å². The maximum Gasteiger partial charge on any atom is 0.356 e. The summed E-state index contributed by atoms with van der Waals surface area (Å²) in [5.74, 6) is -1.38. The molecule has 0 aliphatic rings. The molecule has 0 fully saturated rings. The van der Waals surface area contributed by atoms with Crippen molar-refractivity contribution in [3.05, 3.63) is 28.2 Å². The van der Waals surface area contributed by atoms with Gasteiger partial charge in [-0.15, -0.1) is 0 Å². The number of hydrogen-bond donors (Lipinski definition) is 0. The fraction of sp³-hybridized carbons (Fsp3) is 0.143. The third kappa shape index (κ3) is 1.79. The van der Waals surface area contributed by atoms with Crippen LogP contribution in [0.25, 0.3) is 0 Å². The summed E-state index contributed by atoms with van der Waals surface area (Å²) >= 11 is 2.91. The fourth-order valence-corrected chi connectivity index (χ4v) is 0.856. The van der Waals surface area contributed by atoms with E-state index in [2.05, 4.69) is 25.7 Å². The highest BCUT2D eigenvalue weighted by molar-refractivity contribution is 9.10. The van der Waals surface area contributed by atoms with Crippen molar-refractivity contribution in [3.63, 3.8) is 0 Å². The largest absolute Gasteiger partial charge is 0.464 e. The molecule has 0 radical (unpaired) electrons. The van der Waals surface area contributed by atoms with Gasteiger partial charge in [-0.1, -0.05) is 0 Å². The van der Waals surface area contributed by atoms with Crippen LogP contribution in [0.5, 0.6) is 0 Å². The molecule has 1 aromatic rings. The van der Waals surface area contributed by atoms with E-state index in [0.717, 1.165) is 0 Å². The van der Waals surface area contributed by atoms with Gasteiger partial charge in [0.25, 0.3) is 0 Å². The van der Waals surface area contributed by atoms with E-state index < -0.39 is 11.9 Å². The van der Waals surface area contributed by atoms with Crippen LogP contribution in [0.4, 0.5) is 4.39 Å². The molecule has 1 rings (SSSR count). The first-order chi connectivity index (χ1) is 5.65. The number of carbonyl (C=O) groups is 1. The second-order valence-electron chi connectivity index (χ2n) is 1.96. The molecule has 0 aliphatic heterocycles. The predicted octanol–water partition coefficient (Wildman–Crippen LogP) is 1.77. The molecule has 1 aromatic heterocycles. The van der Waals surface area contributed by atoms with Crippen molar-refractivity contribution >= 4 is 21.9 Å². The standard InChI is InChI=1S/C7H5BrFNO2/c1-12-7(11)5-3-2-4(8)6(9)10-5/h2-3H,1H3. The summed E-state index contributed by atoms with van der Waals surface area (Å²) in [5, 5.41) is 0. The molecule has 0 saturated heterocycles. The number of esters is 1. The number of methoxy groups -OCH3 is 1. The zero-order valence-corrected chi connectivity index (χ0v) is 7.76. The summed E-state index contributed by atoms with van der Waals surface area (Å²) in [6.07, 6.45) is 0. The lowest BCUT2D eigenvalue weighted by molar-refractivity contribution is 0.0592. The predicted molar refractivity (Wildman–Crippen MR) is 43.2 cm³/mol. The van der Waals surface area contributed by atoms with E-state index in [0.29, 0.717) is 0 Å². The van der Waals surface area contributed by atoms with E-state index in [9.17, 15) is 9.18 Å². The summed E-state index contributed by atoms with van der Waals surface area (Å²) < 4.78 is 17.3. The summed E-state index contributed by atoms with van der Waals surface area (Å²) in [5.41, 5.74) is -0.0433. The van der Waals surface area contributed by atoms with Gasteiger partial charge in [0, 0.05) is 0 Å². The Morgan fingerprint density at radius 1 is 1.67 bits per heavy atom. The van der Waals surface area contributed by atoms with E-state index in [1.807, 2.05) is 0 Å². The summed E-state index contributed by atoms with van der Waals surface area (Å²) in [6, 6.07) is 2.77. The maximum atomic E-state index is 12.7. The van der Waals surface area contributed by atoms with Crippen LogP contribution in [-0.2, 0) is 4.74 Å². The summed E-state index contributed by atoms with van der Waals surface area (Å²) in [7, 11) is 1.21. The van der Waals surface area contributed by atoms with Crippen LogP contribution in [0.2, 0.25) is 0 Å². The Balaban J connectivity index is 3.05. The van der Waals surface area contributed by atoms with Gasteiger partial charge in [-0.2, -0.15) is 4.39 Å². The van der Waals surface area contributed by atoms with Crippen molar-refractivity contribution in [2.75, 3.05) is 7.11 Å². The number of nitrogens with zero attached hydrogens (tertiary/aromatic N) is 1. The van der Waals surface area contributed by atoms with Gasteiger partial charge in [0.15, 0.2) is 5.69 Å². The van der Waals surface area contributed by atoms with E-state index in [4.69, 9.17) is 0 Å². The van der Waals surface area contributed by atoms with Crippen molar-refractivity contribution in [2.45, 2.75) is 0 Å². The van der Waals surface area contributed by atoms with Gasteiger partial charge in [-0.3, -0.25) is 0 Å². The molecular formula is C7H5BrFNO2. The van der Waals surface area contributed by atoms with Crippen LogP contribution in [0.3, 0.4) is 0 Å². The highest BCUT2D eigenvalue weighted by Crippen LogP contribution is 2.13. The number of ether oxygens (including phenoxy) is 1. The molecule has 0 saturated carbocycles. The molecular weight excluding hydrogens is 229 g/mol. The van der Waals surface area contributed by atoms with Gasteiger partial charge in [-0.05, 0) is 28.1 Å². The third-order valence-corrected chi connectivity index (χ3v) is 1.79. The van der Waals surface area contributed by atoms with Gasteiger partial charge in [0.2, 0.25) is 5.95 Å². The molecule has 12 heavy (non-hydrogen) atoms. The van der Waals surface area contributed by atoms with E-state index in [1.54, 1.807) is 0 Å². The van der Waals surface area contributed by atoms with Crippen molar-refractivity contribution in [3.8, 4) is 0 Å². The minimum atomic E-state index is -0.724. The number of halogens is 2. The molecule has 0 unspecified atom stereocenters. The Kier molecular flexibility index (Phi) is 2.75. The fourth-order valence-electron chi connectivity index (χ4n) is 0.636. The van der Waals surface area contributed by atoms with E-state index in [-0.39, 0.29) is 10.2 Å². The molecule has 0 N–H and O–H groups in total. The topological polar surface area (TPSA) is 39.2 Å². The average molecular weight is 234 g/mol. The van der Waals surface area contributed by atoms with Crippen molar-refractivity contribution in [1.29, 1.82) is 0 Å². The van der Waals surface area contributed by atoms with Crippen LogP contribution in [-0.4, -0.2) is 18.1 Å². The molecule has 0 aromatic carbocycles. The van der Waals surface area contributed by atoms with Gasteiger partial charge in [-0.25, -0.2) is 9.78 Å². The van der Waals surface area contributed by atoms with E-state index >= 15 is 0 Å². The van der Waals surface area contributed by atoms with Gasteiger partial charge in [0.1, 0.15) is 0 Å². The lowest BCUT2D eigenvalue weighted by Crippen LogP contribution is -2.05. The van der Waals surface area contributed by atoms with Crippen molar-refractivity contribution < 1.29 is 13.9 Å². The SMILES string of the molecule is COC(=O)c1ccc(Br)c(F)n1. The number of carbonyl (C=O) groups excluding carboxylic acids is 1. The quantitative estimate of drug-likeness (QED) is 0.549. The van der Waals surface area contributed by atoms with Crippen LogP contribution in [0, 0.1) is 5.95 Å². The highest BCUT2D eigenvalue weighted by Gasteiger charge is 2.09. The first kappa shape index (κ1) is 9.12. The Bertz CT molecular complexity index is 316. The third-order valence-electron chi connectivity index (χ3n) is 1.20. The number of aromatic nitrogens is 1. The minimum Gasteiger partial charge on any atom is -0.464 e. The smallest absolute Gasteiger partial charge is 0.356 e. The zero-order chi connectivity index (χ0) is 9.14. The Morgan fingerprint density at radius 3 is 2.83 bits per heavy atom. The first-order valence-corrected chi connectivity index (χ1v) is 3.85. The number of rotatable bonds is 1. The molecule has 5 heteroatoms. The number of hydrogen-bond acceptors (Lipinski definition) is 3. The molecule has 3 nitrogen and oxygen atoms in total. The normalized spacial score (nSPS) is 9.58. The van der Waals surface area contributed by atoms with Gasteiger partial charge < -0.3 is 4.74 Å². The van der Waals surface area contributed by atoms with Crippen molar-refractivity contribution in [2.24, 2.45) is 0 Å². The Labute approximate surface area is 76.7 Å². The summed E-state index contributed by atoms with van der Waals surface area (Å²) in [4.78, 5) is 14.2. The lowest BCUT2D eigenvalue weighted by atomic mass is 10.3. The molecule has 0 amide bonds. The maximum absolute atomic E-state index is 12.7. The average Bonchev–Trinajstić information content (AvgIpc) is 2.08. The molecule has 1 heterocycles. The second kappa shape index (κ2) is 3.62. The van der Waals surface area contributed by atoms with Gasteiger partial charge in [0.05, 0.1) is 11.6 Å².